The molecule has 1 N–H and O–H groups in total. The van der Waals surface area contributed by atoms with Gasteiger partial charge in [0.05, 0.1) is 12.1 Å². The Balaban J connectivity index is 1.23. The molecular weight excluding hydrogens is 577 g/mol. The number of thioether (sulfide) groups is 1. The van der Waals surface area contributed by atoms with E-state index in [2.05, 4.69) is 15.1 Å². The lowest BCUT2D eigenvalue weighted by molar-refractivity contribution is -0.124. The predicted octanol–water partition coefficient (Wildman–Crippen LogP) is 5.23. The number of hydrogen-bond acceptors (Lipinski definition) is 6. The molecule has 2 aliphatic rings. The fourth-order valence-corrected chi connectivity index (χ4v) is 6.21. The summed E-state index contributed by atoms with van der Waals surface area (Å²) in [7, 11) is 0. The lowest BCUT2D eigenvalue weighted by atomic mass is 10.1. The zero-order chi connectivity index (χ0) is 29.6. The molecule has 0 bridgehead atoms. The van der Waals surface area contributed by atoms with Gasteiger partial charge in [-0.1, -0.05) is 6.07 Å². The average molecular weight is 610 g/mol. The summed E-state index contributed by atoms with van der Waals surface area (Å²) >= 11 is 7.40. The average Bonchev–Trinajstić information content (AvgIpc) is 3.23. The molecule has 2 aliphatic heterocycles. The van der Waals surface area contributed by atoms with Crippen LogP contribution in [-0.4, -0.2) is 78.3 Å². The summed E-state index contributed by atoms with van der Waals surface area (Å²) in [4.78, 5) is 35.8. The van der Waals surface area contributed by atoms with Crippen molar-refractivity contribution in [3.8, 4) is 0 Å². The third-order valence-corrected chi connectivity index (χ3v) is 8.72. The molecule has 11 heteroatoms. The molecule has 220 valence electrons. The van der Waals surface area contributed by atoms with Crippen molar-refractivity contribution in [3.63, 3.8) is 0 Å². The third kappa shape index (κ3) is 7.08. The van der Waals surface area contributed by atoms with Crippen molar-refractivity contribution in [1.29, 1.82) is 0 Å². The summed E-state index contributed by atoms with van der Waals surface area (Å²) in [5.74, 6) is -1.21. The first kappa shape index (κ1) is 29.9. The van der Waals surface area contributed by atoms with E-state index < -0.39 is 11.9 Å². The largest absolute Gasteiger partial charge is 0.369 e. The van der Waals surface area contributed by atoms with Crippen molar-refractivity contribution in [3.05, 3.63) is 84.4 Å². The van der Waals surface area contributed by atoms with Gasteiger partial charge in [-0.15, -0.1) is 11.8 Å². The molecule has 1 unspecified atom stereocenters. The zero-order valence-corrected chi connectivity index (χ0v) is 25.0. The van der Waals surface area contributed by atoms with Gasteiger partial charge in [0, 0.05) is 49.0 Å². The molecule has 5 rings (SSSR count). The summed E-state index contributed by atoms with van der Waals surface area (Å²) < 4.78 is 26.6. The molecule has 2 amide bonds. The molecule has 0 aliphatic carbocycles. The SMILES string of the molecule is CSc1cccc(N2C(=O)C(CC(=O)Nc3ccc(F)cc3)N(CCCN3CCN(c4ccc(F)cc4)CC3)C2=S)c1. The van der Waals surface area contributed by atoms with Crippen LogP contribution in [0.15, 0.2) is 77.7 Å². The lowest BCUT2D eigenvalue weighted by Crippen LogP contribution is -2.47. The maximum Gasteiger partial charge on any atom is 0.256 e. The van der Waals surface area contributed by atoms with Gasteiger partial charge >= 0.3 is 0 Å². The molecule has 0 spiro atoms. The Bertz CT molecular complexity index is 1420. The highest BCUT2D eigenvalue weighted by Crippen LogP contribution is 2.30. The molecule has 42 heavy (non-hydrogen) atoms. The topological polar surface area (TPSA) is 59.1 Å². The minimum Gasteiger partial charge on any atom is -0.369 e. The van der Waals surface area contributed by atoms with E-state index in [1.165, 1.54) is 41.3 Å². The highest BCUT2D eigenvalue weighted by molar-refractivity contribution is 7.98. The van der Waals surface area contributed by atoms with Crippen LogP contribution in [0.3, 0.4) is 0 Å². The number of rotatable bonds is 10. The van der Waals surface area contributed by atoms with Gasteiger partial charge < -0.3 is 15.1 Å². The Kier molecular flexibility index (Phi) is 9.71. The number of nitrogens with one attached hydrogen (secondary N) is 1. The van der Waals surface area contributed by atoms with Crippen LogP contribution in [0.25, 0.3) is 0 Å². The highest BCUT2D eigenvalue weighted by atomic mass is 32.2. The fraction of sp³-hybridized carbons (Fsp3) is 0.323. The zero-order valence-electron chi connectivity index (χ0n) is 23.3. The number of halogens is 2. The molecule has 0 aromatic heterocycles. The number of anilines is 3. The van der Waals surface area contributed by atoms with Crippen LogP contribution in [0.4, 0.5) is 25.8 Å². The van der Waals surface area contributed by atoms with E-state index in [0.29, 0.717) is 23.0 Å². The maximum atomic E-state index is 13.7. The Morgan fingerprint density at radius 3 is 2.26 bits per heavy atom. The number of hydrogen-bond donors (Lipinski definition) is 1. The van der Waals surface area contributed by atoms with E-state index in [4.69, 9.17) is 12.2 Å². The molecule has 3 aromatic rings. The maximum absolute atomic E-state index is 13.7. The van der Waals surface area contributed by atoms with Gasteiger partial charge in [-0.2, -0.15) is 0 Å². The first-order valence-electron chi connectivity index (χ1n) is 13.9. The minimum absolute atomic E-state index is 0.0780. The minimum atomic E-state index is -0.744. The summed E-state index contributed by atoms with van der Waals surface area (Å²) in [5.41, 5.74) is 2.16. The van der Waals surface area contributed by atoms with Gasteiger partial charge in [-0.05, 0) is 98.2 Å². The van der Waals surface area contributed by atoms with Gasteiger partial charge in [0.1, 0.15) is 17.7 Å². The van der Waals surface area contributed by atoms with E-state index in [1.54, 1.807) is 11.8 Å². The van der Waals surface area contributed by atoms with Crippen LogP contribution in [0.2, 0.25) is 0 Å². The Morgan fingerprint density at radius 1 is 0.929 bits per heavy atom. The molecule has 3 aromatic carbocycles. The molecule has 2 heterocycles. The van der Waals surface area contributed by atoms with Crippen LogP contribution >= 0.6 is 24.0 Å². The van der Waals surface area contributed by atoms with Crippen LogP contribution < -0.4 is 15.1 Å². The third-order valence-electron chi connectivity index (χ3n) is 7.57. The summed E-state index contributed by atoms with van der Waals surface area (Å²) in [6, 6.07) is 19.0. The quantitative estimate of drug-likeness (QED) is 0.250. The summed E-state index contributed by atoms with van der Waals surface area (Å²) in [6.07, 6.45) is 2.65. The molecule has 7 nitrogen and oxygen atoms in total. The van der Waals surface area contributed by atoms with Gasteiger partial charge in [0.25, 0.3) is 5.91 Å². The van der Waals surface area contributed by atoms with Gasteiger partial charge in [0.15, 0.2) is 5.11 Å². The highest BCUT2D eigenvalue weighted by Gasteiger charge is 2.44. The number of piperazine rings is 1. The number of amides is 2. The number of nitrogens with zero attached hydrogens (tertiary/aromatic N) is 4. The summed E-state index contributed by atoms with van der Waals surface area (Å²) in [5, 5.41) is 3.16. The van der Waals surface area contributed by atoms with Crippen molar-refractivity contribution in [2.75, 3.05) is 60.6 Å². The predicted molar refractivity (Wildman–Crippen MR) is 168 cm³/mol. The van der Waals surface area contributed by atoms with Gasteiger partial charge in [-0.3, -0.25) is 19.4 Å². The number of benzene rings is 3. The van der Waals surface area contributed by atoms with Crippen molar-refractivity contribution in [1.82, 2.24) is 9.80 Å². The first-order chi connectivity index (χ1) is 20.3. The fourth-order valence-electron chi connectivity index (χ4n) is 5.34. The van der Waals surface area contributed by atoms with Crippen molar-refractivity contribution < 1.29 is 18.4 Å². The second-order valence-electron chi connectivity index (χ2n) is 10.3. The van der Waals surface area contributed by atoms with E-state index in [0.717, 1.165) is 49.7 Å². The first-order valence-corrected chi connectivity index (χ1v) is 15.5. The molecular formula is C31H33F2N5O2S2. The molecule has 2 fully saturated rings. The van der Waals surface area contributed by atoms with Gasteiger partial charge in [0.2, 0.25) is 5.91 Å². The second kappa shape index (κ2) is 13.6. The Hall–Kier alpha value is -3.54. The van der Waals surface area contributed by atoms with E-state index in [1.807, 2.05) is 47.6 Å². The van der Waals surface area contributed by atoms with Crippen LogP contribution in [0.5, 0.6) is 0 Å². The second-order valence-corrected chi connectivity index (χ2v) is 11.5. The monoisotopic (exact) mass is 609 g/mol. The number of carbonyl (C=O) groups excluding carboxylic acids is 2. The smallest absolute Gasteiger partial charge is 0.256 e. The van der Waals surface area contributed by atoms with Crippen molar-refractivity contribution in [2.24, 2.45) is 0 Å². The van der Waals surface area contributed by atoms with Crippen LogP contribution in [-0.2, 0) is 9.59 Å². The molecule has 0 saturated carbocycles. The van der Waals surface area contributed by atoms with E-state index in [9.17, 15) is 18.4 Å². The Morgan fingerprint density at radius 2 is 1.60 bits per heavy atom. The van der Waals surface area contributed by atoms with Crippen LogP contribution in [0, 0.1) is 11.6 Å². The van der Waals surface area contributed by atoms with E-state index >= 15 is 0 Å². The standard InChI is InChI=1S/C31H33F2N5O2S2/c1-42-27-5-2-4-26(20-27)38-30(40)28(21-29(39)34-24-10-6-22(32)7-11-24)37(31(38)41)15-3-14-35-16-18-36(19-17-35)25-12-8-23(33)9-13-25/h2,4-13,20,28H,3,14-19,21H2,1H3,(H,34,39). The molecule has 1 atom stereocenters. The summed E-state index contributed by atoms with van der Waals surface area (Å²) in [6.45, 7) is 4.78. The van der Waals surface area contributed by atoms with E-state index in [-0.39, 0.29) is 24.1 Å². The molecule has 0 radical (unpaired) electrons. The normalized spacial score (nSPS) is 17.7. The van der Waals surface area contributed by atoms with Gasteiger partial charge in [-0.25, -0.2) is 8.78 Å². The molecule has 2 saturated heterocycles. The Labute approximate surface area is 254 Å². The van der Waals surface area contributed by atoms with Crippen LogP contribution in [0.1, 0.15) is 12.8 Å². The number of carbonyl (C=O) groups is 2. The lowest BCUT2D eigenvalue weighted by Gasteiger charge is -2.36. The van der Waals surface area contributed by atoms with Crippen molar-refractivity contribution >= 4 is 58.0 Å². The number of thiocarbonyl (C=S) groups is 1. The van der Waals surface area contributed by atoms with Crippen molar-refractivity contribution in [2.45, 2.75) is 23.8 Å².